The SMILES string of the molecule is CC(C)(C)c1ccc(-c2cccc(-c3ccc(C(C)(C)C)cc3)c2N2c3cc4c(cc3B3c5ccccc5Oc5cc(N(c6ccc(-c7ccccc7)cc6)c6ccccc6-c6ccccc6)cc2c53)B2c3ccccc3N(c3ccccc3)c3cc(N(c5ccccc5)c5ccccc5)cc(c32)S4)cc1. The second kappa shape index (κ2) is 25.9. The Balaban J connectivity index is 0.920. The lowest BCUT2D eigenvalue weighted by Crippen LogP contribution is -2.63. The van der Waals surface area contributed by atoms with Crippen molar-refractivity contribution in [3.05, 3.63) is 363 Å². The molecule has 0 aliphatic carbocycles. The second-order valence-electron chi connectivity index (χ2n) is 30.4. The van der Waals surface area contributed by atoms with Gasteiger partial charge in [0.2, 0.25) is 6.71 Å². The zero-order chi connectivity index (χ0) is 71.4. The summed E-state index contributed by atoms with van der Waals surface area (Å²) < 4.78 is 7.65. The molecule has 0 atom stereocenters. The van der Waals surface area contributed by atoms with E-state index in [0.29, 0.717) is 0 Å². The number of anilines is 12. The molecule has 0 bridgehead atoms. The molecule has 15 aromatic carbocycles. The molecular weight excluding hydrogens is 1300 g/mol. The van der Waals surface area contributed by atoms with Gasteiger partial charge in [-0.15, -0.1) is 0 Å². The van der Waals surface area contributed by atoms with Gasteiger partial charge in [-0.05, 0) is 168 Å². The van der Waals surface area contributed by atoms with Crippen LogP contribution in [-0.4, -0.2) is 13.4 Å². The van der Waals surface area contributed by atoms with E-state index in [0.717, 1.165) is 130 Å². The van der Waals surface area contributed by atoms with E-state index in [1.807, 2.05) is 11.8 Å². The second-order valence-corrected chi connectivity index (χ2v) is 31.5. The monoisotopic (exact) mass is 1380 g/mol. The Kier molecular flexibility index (Phi) is 15.8. The number of benzene rings is 15. The summed E-state index contributed by atoms with van der Waals surface area (Å²) in [5.74, 6) is 1.66. The lowest BCUT2D eigenvalue weighted by Gasteiger charge is -2.44. The maximum absolute atomic E-state index is 7.65. The average molecular weight is 1380 g/mol. The van der Waals surface area contributed by atoms with Crippen LogP contribution in [0.3, 0.4) is 0 Å². The van der Waals surface area contributed by atoms with Crippen LogP contribution < -0.4 is 57.1 Å². The van der Waals surface area contributed by atoms with Gasteiger partial charge in [0, 0.05) is 83.7 Å². The Hall–Kier alpha value is -12.2. The van der Waals surface area contributed by atoms with E-state index in [-0.39, 0.29) is 24.3 Å². The molecule has 0 N–H and O–H groups in total. The van der Waals surface area contributed by atoms with Crippen LogP contribution in [0.1, 0.15) is 52.7 Å². The number of ether oxygens (including phenoxy) is 1. The lowest BCUT2D eigenvalue weighted by molar-refractivity contribution is 0.487. The number of hydrogen-bond donors (Lipinski definition) is 0. The first-order chi connectivity index (χ1) is 51.9. The molecule has 19 rings (SSSR count). The van der Waals surface area contributed by atoms with Gasteiger partial charge in [-0.3, -0.25) is 0 Å². The van der Waals surface area contributed by atoms with E-state index in [1.54, 1.807) is 0 Å². The zero-order valence-corrected chi connectivity index (χ0v) is 61.1. The normalized spacial score (nSPS) is 13.0. The molecule has 4 heterocycles. The highest BCUT2D eigenvalue weighted by molar-refractivity contribution is 8.00. The van der Waals surface area contributed by atoms with Crippen LogP contribution in [0.5, 0.6) is 11.5 Å². The standard InChI is InChI=1S/C98H76B2N4OS/c1-97(2,3)70-53-47-68(48-54-70)79-40-28-41-80(69-49-55-71(56-50-69)98(4,5)6)96(79)104-87-64-92-84(99-81-42-23-26-45-86(81)103(74-37-20-11-21-38-74)89-60-77(62-93(106-92)95(89)99)101(72-33-16-9-17-34-72)73-35-18-10-19-36-73)63-83(87)100-82-43-24-27-46-90(82)105-91-61-76(59-88(104)94(91)100)102(75-57-51-66(52-58-75)65-29-12-7-13-30-65)85-44-25-22-39-78(85)67-31-14-8-15-32-67/h7-64H,1-6H3. The maximum atomic E-state index is 7.65. The number of rotatable bonds is 12. The van der Waals surface area contributed by atoms with Crippen LogP contribution in [-0.2, 0) is 10.8 Å². The topological polar surface area (TPSA) is 22.2 Å². The van der Waals surface area contributed by atoms with Crippen LogP contribution >= 0.6 is 11.8 Å². The molecule has 0 saturated carbocycles. The van der Waals surface area contributed by atoms with Crippen molar-refractivity contribution in [1.29, 1.82) is 0 Å². The van der Waals surface area contributed by atoms with Gasteiger partial charge < -0.3 is 24.3 Å². The van der Waals surface area contributed by atoms with Gasteiger partial charge in [0.1, 0.15) is 11.5 Å². The van der Waals surface area contributed by atoms with Gasteiger partial charge in [0.25, 0.3) is 6.71 Å². The first-order valence-corrected chi connectivity index (χ1v) is 37.8. The third-order valence-electron chi connectivity index (χ3n) is 21.9. The fraction of sp³-hybridized carbons (Fsp3) is 0.0816. The van der Waals surface area contributed by atoms with E-state index < -0.39 is 0 Å². The third kappa shape index (κ3) is 11.1. The minimum atomic E-state index is -0.248. The molecule has 0 amide bonds. The van der Waals surface area contributed by atoms with Crippen molar-refractivity contribution in [3.8, 4) is 56.0 Å². The maximum Gasteiger partial charge on any atom is 0.256 e. The molecule has 506 valence electrons. The van der Waals surface area contributed by atoms with Gasteiger partial charge in [0.05, 0.1) is 17.1 Å². The molecule has 8 heteroatoms. The van der Waals surface area contributed by atoms with Crippen LogP contribution in [0.15, 0.2) is 362 Å². The summed E-state index contributed by atoms with van der Waals surface area (Å²) in [5.41, 5.74) is 31.8. The number of fused-ring (bicyclic) bond motifs is 8. The minimum Gasteiger partial charge on any atom is -0.458 e. The summed E-state index contributed by atoms with van der Waals surface area (Å²) >= 11 is 1.90. The highest BCUT2D eigenvalue weighted by Crippen LogP contribution is 2.54. The van der Waals surface area contributed by atoms with Crippen LogP contribution in [0.25, 0.3) is 44.5 Å². The first kappa shape index (κ1) is 64.6. The molecule has 5 nitrogen and oxygen atoms in total. The van der Waals surface area contributed by atoms with Gasteiger partial charge >= 0.3 is 0 Å². The van der Waals surface area contributed by atoms with Crippen molar-refractivity contribution >= 4 is 126 Å². The van der Waals surface area contributed by atoms with Crippen molar-refractivity contribution in [1.82, 2.24) is 0 Å². The van der Waals surface area contributed by atoms with Gasteiger partial charge in [-0.1, -0.05) is 314 Å². The van der Waals surface area contributed by atoms with Gasteiger partial charge in [-0.2, -0.15) is 0 Å². The molecule has 0 unspecified atom stereocenters. The average Bonchev–Trinajstić information content (AvgIpc) is 0.690. The van der Waals surface area contributed by atoms with E-state index >= 15 is 0 Å². The minimum absolute atomic E-state index is 0.0571. The highest BCUT2D eigenvalue weighted by atomic mass is 32.2. The number of para-hydroxylation sites is 7. The molecule has 4 aliphatic rings. The first-order valence-electron chi connectivity index (χ1n) is 36.9. The summed E-state index contributed by atoms with van der Waals surface area (Å²) in [4.78, 5) is 12.5. The summed E-state index contributed by atoms with van der Waals surface area (Å²) in [6.45, 7) is 13.4. The Morgan fingerprint density at radius 1 is 0.292 bits per heavy atom. The van der Waals surface area contributed by atoms with Gasteiger partial charge in [-0.25, -0.2) is 0 Å². The molecule has 0 radical (unpaired) electrons. The molecule has 0 fully saturated rings. The largest absolute Gasteiger partial charge is 0.458 e. The zero-order valence-electron chi connectivity index (χ0n) is 60.2. The van der Waals surface area contributed by atoms with Crippen LogP contribution in [0.2, 0.25) is 0 Å². The molecule has 0 aromatic heterocycles. The number of hydrogen-bond acceptors (Lipinski definition) is 6. The van der Waals surface area contributed by atoms with E-state index in [9.17, 15) is 0 Å². The fourth-order valence-corrected chi connectivity index (χ4v) is 18.0. The van der Waals surface area contributed by atoms with E-state index in [2.05, 4.69) is 413 Å². The third-order valence-corrected chi connectivity index (χ3v) is 23.0. The Labute approximate surface area is 627 Å². The quantitative estimate of drug-likeness (QED) is 0.113. The van der Waals surface area contributed by atoms with Crippen molar-refractivity contribution in [3.63, 3.8) is 0 Å². The highest BCUT2D eigenvalue weighted by Gasteiger charge is 2.48. The van der Waals surface area contributed by atoms with Crippen molar-refractivity contribution in [2.45, 2.75) is 62.2 Å². The Morgan fingerprint density at radius 2 is 0.764 bits per heavy atom. The smallest absolute Gasteiger partial charge is 0.256 e. The molecule has 0 saturated heterocycles. The van der Waals surface area contributed by atoms with E-state index in [4.69, 9.17) is 4.74 Å². The molecule has 15 aromatic rings. The summed E-state index contributed by atoms with van der Waals surface area (Å²) in [6, 6.07) is 131. The Morgan fingerprint density at radius 3 is 1.39 bits per heavy atom. The lowest BCUT2D eigenvalue weighted by atomic mass is 9.31. The van der Waals surface area contributed by atoms with Crippen molar-refractivity contribution in [2.75, 3.05) is 19.6 Å². The van der Waals surface area contributed by atoms with Crippen molar-refractivity contribution in [2.24, 2.45) is 0 Å². The summed E-state index contributed by atoms with van der Waals surface area (Å²) in [6.07, 6.45) is 0. The fourth-order valence-electron chi connectivity index (χ4n) is 16.8. The number of nitrogens with zero attached hydrogens (tertiary/aromatic N) is 4. The molecular formula is C98H76B2N4OS. The predicted octanol–water partition coefficient (Wildman–Crippen LogP) is 23.1. The summed E-state index contributed by atoms with van der Waals surface area (Å²) in [7, 11) is 0. The van der Waals surface area contributed by atoms with Gasteiger partial charge in [0.15, 0.2) is 0 Å². The Bertz CT molecular complexity index is 5750. The van der Waals surface area contributed by atoms with Crippen LogP contribution in [0, 0.1) is 0 Å². The summed E-state index contributed by atoms with van der Waals surface area (Å²) in [5, 5.41) is 0. The van der Waals surface area contributed by atoms with E-state index in [1.165, 1.54) is 48.3 Å². The molecule has 0 spiro atoms. The molecule has 4 aliphatic heterocycles. The van der Waals surface area contributed by atoms with Crippen LogP contribution in [0.4, 0.5) is 68.2 Å². The van der Waals surface area contributed by atoms with Crippen molar-refractivity contribution < 1.29 is 4.74 Å². The predicted molar refractivity (Wildman–Crippen MR) is 451 cm³/mol. The molecule has 106 heavy (non-hydrogen) atoms.